The number of para-hydroxylation sites is 1. The average Bonchev–Trinajstić information content (AvgIpc) is 2.17. The maximum atomic E-state index is 10.9. The van der Waals surface area contributed by atoms with Crippen LogP contribution in [0.15, 0.2) is 27.1 Å². The third kappa shape index (κ3) is 3.21. The van der Waals surface area contributed by atoms with Crippen molar-refractivity contribution in [2.24, 2.45) is 0 Å². The zero-order valence-corrected chi connectivity index (χ0v) is 11.3. The fraction of sp³-hybridized carbons (Fsp3) is 0.300. The molecule has 0 aliphatic carbocycles. The summed E-state index contributed by atoms with van der Waals surface area (Å²) < 4.78 is 1.69. The molecule has 1 unspecified atom stereocenters. The molecule has 0 aliphatic heterocycles. The zero-order chi connectivity index (χ0) is 11.4. The molecule has 1 aromatic rings. The van der Waals surface area contributed by atoms with E-state index in [-0.39, 0.29) is 0 Å². The standard InChI is InChI=1S/C10H11Br2NO2/c1-2-8(10(14)15)13-9-6(11)4-3-5-7(9)12/h3-5,8,13H,2H2,1H3,(H,14,15). The van der Waals surface area contributed by atoms with Crippen LogP contribution in [0.3, 0.4) is 0 Å². The number of carbonyl (C=O) groups is 1. The zero-order valence-electron chi connectivity index (χ0n) is 8.13. The Kier molecular flexibility index (Phi) is 4.60. The molecule has 15 heavy (non-hydrogen) atoms. The van der Waals surface area contributed by atoms with Crippen molar-refractivity contribution in [3.8, 4) is 0 Å². The van der Waals surface area contributed by atoms with Crippen molar-refractivity contribution in [1.82, 2.24) is 0 Å². The Morgan fingerprint density at radius 1 is 1.47 bits per heavy atom. The summed E-state index contributed by atoms with van der Waals surface area (Å²) in [7, 11) is 0. The highest BCUT2D eigenvalue weighted by molar-refractivity contribution is 9.11. The maximum Gasteiger partial charge on any atom is 0.326 e. The Balaban J connectivity index is 2.92. The Hall–Kier alpha value is -0.550. The molecule has 0 aromatic heterocycles. The summed E-state index contributed by atoms with van der Waals surface area (Å²) in [5, 5.41) is 11.9. The third-order valence-corrected chi connectivity index (χ3v) is 3.31. The number of benzene rings is 1. The van der Waals surface area contributed by atoms with Crippen molar-refractivity contribution < 1.29 is 9.90 Å². The topological polar surface area (TPSA) is 49.3 Å². The second-order valence-corrected chi connectivity index (χ2v) is 4.75. The predicted octanol–water partition coefficient (Wildman–Crippen LogP) is 3.49. The molecule has 0 heterocycles. The minimum atomic E-state index is -0.847. The number of carboxylic acid groups (broad SMARTS) is 1. The van der Waals surface area contributed by atoms with Gasteiger partial charge < -0.3 is 10.4 Å². The molecule has 0 radical (unpaired) electrons. The summed E-state index contributed by atoms with van der Waals surface area (Å²) in [5.74, 6) is -0.847. The van der Waals surface area contributed by atoms with Gasteiger partial charge in [-0.3, -0.25) is 0 Å². The molecule has 82 valence electrons. The lowest BCUT2D eigenvalue weighted by atomic mass is 10.2. The van der Waals surface area contributed by atoms with E-state index in [0.717, 1.165) is 14.6 Å². The van der Waals surface area contributed by atoms with Crippen LogP contribution in [0.1, 0.15) is 13.3 Å². The lowest BCUT2D eigenvalue weighted by molar-refractivity contribution is -0.137. The summed E-state index contributed by atoms with van der Waals surface area (Å²) in [6.07, 6.45) is 0.531. The highest BCUT2D eigenvalue weighted by Gasteiger charge is 2.16. The van der Waals surface area contributed by atoms with Crippen LogP contribution in [0.5, 0.6) is 0 Å². The number of nitrogens with one attached hydrogen (secondary N) is 1. The highest BCUT2D eigenvalue weighted by atomic mass is 79.9. The van der Waals surface area contributed by atoms with Crippen LogP contribution in [0, 0.1) is 0 Å². The van der Waals surface area contributed by atoms with Gasteiger partial charge in [0, 0.05) is 8.95 Å². The van der Waals surface area contributed by atoms with Crippen molar-refractivity contribution in [3.05, 3.63) is 27.1 Å². The Bertz CT molecular complexity index is 348. The summed E-state index contributed by atoms with van der Waals surface area (Å²) in [6, 6.07) is 5.03. The number of carboxylic acids is 1. The molecule has 3 nitrogen and oxygen atoms in total. The molecule has 0 amide bonds. The first kappa shape index (κ1) is 12.5. The SMILES string of the molecule is CCC(Nc1c(Br)cccc1Br)C(=O)O. The van der Waals surface area contributed by atoms with E-state index in [1.54, 1.807) is 0 Å². The first-order valence-corrected chi connectivity index (χ1v) is 6.08. The van der Waals surface area contributed by atoms with Crippen LogP contribution in [0.25, 0.3) is 0 Å². The molecule has 1 rings (SSSR count). The molecular weight excluding hydrogens is 326 g/mol. The number of hydrogen-bond acceptors (Lipinski definition) is 2. The van der Waals surface area contributed by atoms with E-state index < -0.39 is 12.0 Å². The number of rotatable bonds is 4. The van der Waals surface area contributed by atoms with Crippen LogP contribution in [-0.2, 0) is 4.79 Å². The third-order valence-electron chi connectivity index (χ3n) is 1.99. The van der Waals surface area contributed by atoms with Crippen LogP contribution in [0.4, 0.5) is 5.69 Å². The number of halogens is 2. The lowest BCUT2D eigenvalue weighted by Crippen LogP contribution is -2.28. The van der Waals surface area contributed by atoms with E-state index in [1.807, 2.05) is 25.1 Å². The van der Waals surface area contributed by atoms with Crippen molar-refractivity contribution >= 4 is 43.5 Å². The minimum Gasteiger partial charge on any atom is -0.480 e. The van der Waals surface area contributed by atoms with Crippen molar-refractivity contribution in [1.29, 1.82) is 0 Å². The summed E-state index contributed by atoms with van der Waals surface area (Å²) >= 11 is 6.74. The molecule has 0 saturated heterocycles. The van der Waals surface area contributed by atoms with Gasteiger partial charge >= 0.3 is 5.97 Å². The smallest absolute Gasteiger partial charge is 0.326 e. The first-order chi connectivity index (χ1) is 7.06. The predicted molar refractivity (Wildman–Crippen MR) is 67.2 cm³/mol. The van der Waals surface area contributed by atoms with Gasteiger partial charge in [0.1, 0.15) is 6.04 Å². The van der Waals surface area contributed by atoms with Crippen molar-refractivity contribution in [2.45, 2.75) is 19.4 Å². The molecule has 0 bridgehead atoms. The Morgan fingerprint density at radius 3 is 2.40 bits per heavy atom. The molecule has 5 heteroatoms. The average molecular weight is 337 g/mol. The van der Waals surface area contributed by atoms with Gasteiger partial charge in [-0.2, -0.15) is 0 Å². The van der Waals surface area contributed by atoms with Crippen LogP contribution in [0.2, 0.25) is 0 Å². The van der Waals surface area contributed by atoms with Gasteiger partial charge in [-0.05, 0) is 50.4 Å². The minimum absolute atomic E-state index is 0.531. The Labute approximate surface area is 105 Å². The molecule has 0 saturated carbocycles. The van der Waals surface area contributed by atoms with Crippen LogP contribution < -0.4 is 5.32 Å². The van der Waals surface area contributed by atoms with Crippen molar-refractivity contribution in [3.63, 3.8) is 0 Å². The van der Waals surface area contributed by atoms with E-state index in [4.69, 9.17) is 5.11 Å². The summed E-state index contributed by atoms with van der Waals surface area (Å²) in [6.45, 7) is 1.83. The lowest BCUT2D eigenvalue weighted by Gasteiger charge is -2.16. The quantitative estimate of drug-likeness (QED) is 0.884. The van der Waals surface area contributed by atoms with Gasteiger partial charge in [-0.15, -0.1) is 0 Å². The first-order valence-electron chi connectivity index (χ1n) is 4.49. The molecule has 0 fully saturated rings. The fourth-order valence-corrected chi connectivity index (χ4v) is 2.38. The molecular formula is C10H11Br2NO2. The second kappa shape index (κ2) is 5.51. The summed E-state index contributed by atoms with van der Waals surface area (Å²) in [4.78, 5) is 10.9. The van der Waals surface area contributed by atoms with Crippen LogP contribution >= 0.6 is 31.9 Å². The van der Waals surface area contributed by atoms with E-state index >= 15 is 0 Å². The molecule has 0 spiro atoms. The fourth-order valence-electron chi connectivity index (χ4n) is 1.15. The van der Waals surface area contributed by atoms with E-state index in [2.05, 4.69) is 37.2 Å². The van der Waals surface area contributed by atoms with Crippen molar-refractivity contribution in [2.75, 3.05) is 5.32 Å². The molecule has 0 aliphatic rings. The van der Waals surface area contributed by atoms with Gasteiger partial charge in [0.05, 0.1) is 5.69 Å². The van der Waals surface area contributed by atoms with Gasteiger partial charge in [0.25, 0.3) is 0 Å². The monoisotopic (exact) mass is 335 g/mol. The Morgan fingerprint density at radius 2 is 2.00 bits per heavy atom. The van der Waals surface area contributed by atoms with Gasteiger partial charge in [0.2, 0.25) is 0 Å². The van der Waals surface area contributed by atoms with Crippen LogP contribution in [-0.4, -0.2) is 17.1 Å². The van der Waals surface area contributed by atoms with Gasteiger partial charge in [-0.1, -0.05) is 13.0 Å². The van der Waals surface area contributed by atoms with Gasteiger partial charge in [0.15, 0.2) is 0 Å². The normalized spacial score (nSPS) is 12.2. The van der Waals surface area contributed by atoms with Gasteiger partial charge in [-0.25, -0.2) is 4.79 Å². The number of hydrogen-bond donors (Lipinski definition) is 2. The molecule has 1 atom stereocenters. The number of anilines is 1. The van der Waals surface area contributed by atoms with E-state index in [1.165, 1.54) is 0 Å². The molecule has 1 aromatic carbocycles. The highest BCUT2D eigenvalue weighted by Crippen LogP contribution is 2.31. The molecule has 2 N–H and O–H groups in total. The van der Waals surface area contributed by atoms with E-state index in [9.17, 15) is 4.79 Å². The number of aliphatic carboxylic acids is 1. The van der Waals surface area contributed by atoms with E-state index in [0.29, 0.717) is 6.42 Å². The maximum absolute atomic E-state index is 10.9. The second-order valence-electron chi connectivity index (χ2n) is 3.04. The largest absolute Gasteiger partial charge is 0.480 e. The summed E-state index contributed by atoms with van der Waals surface area (Å²) in [5.41, 5.74) is 0.770.